The van der Waals surface area contributed by atoms with Crippen molar-refractivity contribution in [2.75, 3.05) is 24.7 Å². The Morgan fingerprint density at radius 2 is 1.71 bits per heavy atom. The van der Waals surface area contributed by atoms with Gasteiger partial charge in [0.1, 0.15) is 17.1 Å². The largest absolute Gasteiger partial charge is 0.435 e. The number of likely N-dealkylation sites (tertiary alicyclic amines) is 1. The van der Waals surface area contributed by atoms with Gasteiger partial charge in [0, 0.05) is 36.7 Å². The fourth-order valence-electron chi connectivity index (χ4n) is 5.74. The molecule has 2 aliphatic rings. The second kappa shape index (κ2) is 11.4. The Kier molecular flexibility index (Phi) is 7.62. The van der Waals surface area contributed by atoms with E-state index in [0.29, 0.717) is 23.4 Å². The molecule has 1 spiro atoms. The maximum Gasteiger partial charge on any atom is 0.419 e. The number of halogens is 6. The van der Waals surface area contributed by atoms with Crippen molar-refractivity contribution in [3.8, 4) is 22.7 Å². The lowest BCUT2D eigenvalue weighted by Crippen LogP contribution is -2.57. The molecule has 4 heterocycles. The molecular formula is C30H24F6N6O3. The predicted octanol–water partition coefficient (Wildman–Crippen LogP) is 5.26. The Hall–Kier alpha value is -5.08. The number of carbonyl (C=O) groups excluding carboxylic acids is 2. The first-order valence-corrected chi connectivity index (χ1v) is 13.7. The number of pyridine rings is 1. The number of hydrogen-bond acceptors (Lipinski definition) is 6. The van der Waals surface area contributed by atoms with Crippen LogP contribution in [-0.4, -0.2) is 63.4 Å². The van der Waals surface area contributed by atoms with Gasteiger partial charge in [0.25, 0.3) is 5.91 Å². The lowest BCUT2D eigenvalue weighted by molar-refractivity contribution is -0.140. The smallest absolute Gasteiger partial charge is 0.419 e. The molecule has 2 amide bonds. The molecular weight excluding hydrogens is 606 g/mol. The summed E-state index contributed by atoms with van der Waals surface area (Å²) in [4.78, 5) is 34.1. The molecule has 2 aromatic heterocycles. The number of nitrogens with zero attached hydrogens (tertiary/aromatic N) is 5. The molecule has 0 bridgehead atoms. The van der Waals surface area contributed by atoms with Crippen LogP contribution in [0.2, 0.25) is 0 Å². The van der Waals surface area contributed by atoms with Gasteiger partial charge in [-0.3, -0.25) is 14.6 Å². The van der Waals surface area contributed by atoms with Crippen LogP contribution in [0.3, 0.4) is 0 Å². The summed E-state index contributed by atoms with van der Waals surface area (Å²) in [6.07, 6.45) is -1.51. The predicted molar refractivity (Wildman–Crippen MR) is 148 cm³/mol. The summed E-state index contributed by atoms with van der Waals surface area (Å²) in [5, 5.41) is 7.15. The highest BCUT2D eigenvalue weighted by atomic mass is 19.4. The molecule has 0 saturated carbocycles. The van der Waals surface area contributed by atoms with Gasteiger partial charge in [-0.05, 0) is 73.5 Å². The number of hydrogen-bond donors (Lipinski definition) is 1. The standard InChI is InChI=1S/C30H24F6N6O3/c31-23-8-5-20(14-22(23)30(34,35)36)42-25(18-2-1-11-37-16-18)15-24(39-42)26(43)40-12-9-29(10-13-40)27(44)38-17-41(29)19-3-6-21(7-4-19)45-28(32)33/h1-8,11,14-16,28H,9-10,12-13,17H2,(H,38,44). The molecule has 4 aromatic rings. The molecule has 2 saturated heterocycles. The van der Waals surface area contributed by atoms with E-state index >= 15 is 0 Å². The number of rotatable bonds is 6. The summed E-state index contributed by atoms with van der Waals surface area (Å²) in [6, 6.07) is 13.0. The van der Waals surface area contributed by atoms with Crippen LogP contribution in [0.5, 0.6) is 5.75 Å². The molecule has 0 aliphatic carbocycles. The Balaban J connectivity index is 1.26. The number of aromatic nitrogens is 3. The van der Waals surface area contributed by atoms with E-state index in [-0.39, 0.29) is 61.3 Å². The van der Waals surface area contributed by atoms with E-state index in [1.807, 2.05) is 4.90 Å². The van der Waals surface area contributed by atoms with E-state index in [1.54, 1.807) is 24.3 Å². The van der Waals surface area contributed by atoms with Crippen LogP contribution < -0.4 is 15.0 Å². The highest BCUT2D eigenvalue weighted by molar-refractivity contribution is 5.96. The lowest BCUT2D eigenvalue weighted by Gasteiger charge is -2.43. The zero-order chi connectivity index (χ0) is 31.9. The average Bonchev–Trinajstić information content (AvgIpc) is 3.59. The number of nitrogens with one attached hydrogen (secondary N) is 1. The van der Waals surface area contributed by atoms with Crippen molar-refractivity contribution in [2.45, 2.75) is 31.2 Å². The number of carbonyl (C=O) groups is 2. The van der Waals surface area contributed by atoms with E-state index in [9.17, 15) is 35.9 Å². The highest BCUT2D eigenvalue weighted by Crippen LogP contribution is 2.38. The molecule has 15 heteroatoms. The minimum Gasteiger partial charge on any atom is -0.435 e. The van der Waals surface area contributed by atoms with Crippen LogP contribution in [0.25, 0.3) is 16.9 Å². The Labute approximate surface area is 252 Å². The third-order valence-electron chi connectivity index (χ3n) is 7.97. The molecule has 0 atom stereocenters. The van der Waals surface area contributed by atoms with Gasteiger partial charge >= 0.3 is 12.8 Å². The van der Waals surface area contributed by atoms with Crippen LogP contribution in [0.4, 0.5) is 32.0 Å². The number of piperidine rings is 1. The lowest BCUT2D eigenvalue weighted by atomic mass is 9.85. The topological polar surface area (TPSA) is 92.6 Å². The summed E-state index contributed by atoms with van der Waals surface area (Å²) in [5.74, 6) is -2.21. The van der Waals surface area contributed by atoms with E-state index in [1.165, 1.54) is 35.5 Å². The second-order valence-electron chi connectivity index (χ2n) is 10.5. The summed E-state index contributed by atoms with van der Waals surface area (Å²) < 4.78 is 85.2. The number of ether oxygens (including phenoxy) is 1. The molecule has 2 fully saturated rings. The van der Waals surface area contributed by atoms with Crippen molar-refractivity contribution < 1.29 is 40.7 Å². The van der Waals surface area contributed by atoms with E-state index in [0.717, 1.165) is 10.7 Å². The number of amides is 2. The van der Waals surface area contributed by atoms with Crippen molar-refractivity contribution in [3.05, 3.63) is 90.1 Å². The van der Waals surface area contributed by atoms with Crippen LogP contribution in [0.15, 0.2) is 73.1 Å². The van der Waals surface area contributed by atoms with Gasteiger partial charge in [-0.25, -0.2) is 9.07 Å². The summed E-state index contributed by atoms with van der Waals surface area (Å²) >= 11 is 0. The van der Waals surface area contributed by atoms with E-state index < -0.39 is 35.6 Å². The molecule has 1 N–H and O–H groups in total. The first-order valence-electron chi connectivity index (χ1n) is 13.7. The van der Waals surface area contributed by atoms with Crippen LogP contribution >= 0.6 is 0 Å². The average molecular weight is 631 g/mol. The highest BCUT2D eigenvalue weighted by Gasteiger charge is 2.51. The van der Waals surface area contributed by atoms with Crippen molar-refractivity contribution in [3.63, 3.8) is 0 Å². The summed E-state index contributed by atoms with van der Waals surface area (Å²) in [5.41, 5.74) is -1.32. The van der Waals surface area contributed by atoms with Crippen LogP contribution in [0, 0.1) is 5.82 Å². The summed E-state index contributed by atoms with van der Waals surface area (Å²) in [7, 11) is 0. The number of alkyl halides is 5. The molecule has 0 unspecified atom stereocenters. The fourth-order valence-corrected chi connectivity index (χ4v) is 5.74. The zero-order valence-corrected chi connectivity index (χ0v) is 23.3. The molecule has 9 nitrogen and oxygen atoms in total. The van der Waals surface area contributed by atoms with Gasteiger partial charge in [-0.15, -0.1) is 0 Å². The van der Waals surface area contributed by atoms with Gasteiger partial charge in [0.15, 0.2) is 5.69 Å². The zero-order valence-electron chi connectivity index (χ0n) is 23.3. The first-order chi connectivity index (χ1) is 21.5. The van der Waals surface area contributed by atoms with Gasteiger partial charge in [-0.1, -0.05) is 0 Å². The molecule has 2 aromatic carbocycles. The van der Waals surface area contributed by atoms with E-state index in [2.05, 4.69) is 20.1 Å². The van der Waals surface area contributed by atoms with Gasteiger partial charge in [0.2, 0.25) is 5.91 Å². The minimum absolute atomic E-state index is 0.0259. The second-order valence-corrected chi connectivity index (χ2v) is 10.5. The van der Waals surface area contributed by atoms with Gasteiger partial charge < -0.3 is 19.9 Å². The molecule has 2 aliphatic heterocycles. The van der Waals surface area contributed by atoms with Crippen molar-refractivity contribution in [1.29, 1.82) is 0 Å². The van der Waals surface area contributed by atoms with Gasteiger partial charge in [-0.2, -0.15) is 27.1 Å². The quantitative estimate of drug-likeness (QED) is 0.292. The molecule has 6 rings (SSSR count). The molecule has 234 valence electrons. The molecule has 0 radical (unpaired) electrons. The number of benzene rings is 2. The van der Waals surface area contributed by atoms with Gasteiger partial charge in [0.05, 0.1) is 23.6 Å². The monoisotopic (exact) mass is 630 g/mol. The third kappa shape index (κ3) is 5.65. The van der Waals surface area contributed by atoms with E-state index in [4.69, 9.17) is 0 Å². The van der Waals surface area contributed by atoms with Crippen molar-refractivity contribution in [1.82, 2.24) is 25.0 Å². The van der Waals surface area contributed by atoms with Crippen molar-refractivity contribution in [2.24, 2.45) is 0 Å². The van der Waals surface area contributed by atoms with Crippen molar-refractivity contribution >= 4 is 17.5 Å². The SMILES string of the molecule is O=C(c1cc(-c2cccnc2)n(-c2ccc(F)c(C(F)(F)F)c2)n1)N1CCC2(CC1)C(=O)NCN2c1ccc(OC(F)F)cc1. The fraction of sp³-hybridized carbons (Fsp3) is 0.267. The number of anilines is 1. The summed E-state index contributed by atoms with van der Waals surface area (Å²) in [6.45, 7) is -2.49. The normalized spacial score (nSPS) is 16.4. The Morgan fingerprint density at radius 3 is 2.36 bits per heavy atom. The van der Waals surface area contributed by atoms with Crippen LogP contribution in [-0.2, 0) is 11.0 Å². The van der Waals surface area contributed by atoms with Crippen LogP contribution in [0.1, 0.15) is 28.9 Å². The first kappa shape index (κ1) is 30.0. The Bertz CT molecular complexity index is 1720. The third-order valence-corrected chi connectivity index (χ3v) is 7.97. The molecule has 45 heavy (non-hydrogen) atoms. The maximum absolute atomic E-state index is 14.0. The maximum atomic E-state index is 14.0. The Morgan fingerprint density at radius 1 is 1.00 bits per heavy atom. The minimum atomic E-state index is -4.95.